The standard InChI is InChI=1S/C8H13BO2/c1-8-2-4-3-10-6(5(4)8)7(9)11-8/h4-7H,2-3,9H2,1H3. The second-order valence-corrected chi connectivity index (χ2v) is 4.42. The lowest BCUT2D eigenvalue weighted by atomic mass is 9.62. The molecule has 2 nitrogen and oxygen atoms in total. The van der Waals surface area contributed by atoms with Crippen LogP contribution in [0.2, 0.25) is 0 Å². The lowest BCUT2D eigenvalue weighted by Gasteiger charge is -2.44. The maximum atomic E-state index is 5.86. The highest BCUT2D eigenvalue weighted by Gasteiger charge is 2.65. The van der Waals surface area contributed by atoms with Gasteiger partial charge in [-0.15, -0.1) is 0 Å². The number of hydrogen-bond donors (Lipinski definition) is 0. The van der Waals surface area contributed by atoms with Crippen molar-refractivity contribution in [3.05, 3.63) is 0 Å². The molecule has 5 atom stereocenters. The predicted octanol–water partition coefficient (Wildman–Crippen LogP) is -0.231. The van der Waals surface area contributed by atoms with E-state index in [1.165, 1.54) is 6.42 Å². The van der Waals surface area contributed by atoms with Crippen molar-refractivity contribution in [2.24, 2.45) is 11.8 Å². The quantitative estimate of drug-likeness (QED) is 0.446. The van der Waals surface area contributed by atoms with E-state index in [4.69, 9.17) is 9.47 Å². The second-order valence-electron chi connectivity index (χ2n) is 4.42. The van der Waals surface area contributed by atoms with Crippen LogP contribution in [0, 0.1) is 11.8 Å². The normalized spacial score (nSPS) is 65.9. The minimum Gasteiger partial charge on any atom is -0.378 e. The molecule has 2 saturated heterocycles. The van der Waals surface area contributed by atoms with Gasteiger partial charge in [0.1, 0.15) is 7.85 Å². The third-order valence-corrected chi connectivity index (χ3v) is 3.65. The van der Waals surface area contributed by atoms with Gasteiger partial charge in [0.05, 0.1) is 24.3 Å². The summed E-state index contributed by atoms with van der Waals surface area (Å²) < 4.78 is 11.5. The Labute approximate surface area is 67.7 Å². The fourth-order valence-electron chi connectivity index (χ4n) is 3.28. The monoisotopic (exact) mass is 152 g/mol. The SMILES string of the molecule is BC1OC2(C)CC3COC1C32. The van der Waals surface area contributed by atoms with Crippen molar-refractivity contribution >= 4 is 7.85 Å². The molecule has 2 aliphatic heterocycles. The van der Waals surface area contributed by atoms with E-state index in [9.17, 15) is 0 Å². The first-order valence-electron chi connectivity index (χ1n) is 4.50. The molecule has 0 aromatic rings. The van der Waals surface area contributed by atoms with Gasteiger partial charge in [-0.1, -0.05) is 0 Å². The molecule has 3 heteroatoms. The van der Waals surface area contributed by atoms with E-state index in [0.717, 1.165) is 18.4 Å². The van der Waals surface area contributed by atoms with Gasteiger partial charge >= 0.3 is 0 Å². The van der Waals surface area contributed by atoms with Crippen LogP contribution < -0.4 is 0 Å². The summed E-state index contributed by atoms with van der Waals surface area (Å²) in [6.07, 6.45) is 1.64. The van der Waals surface area contributed by atoms with Crippen molar-refractivity contribution in [2.45, 2.75) is 31.1 Å². The van der Waals surface area contributed by atoms with Crippen molar-refractivity contribution in [3.63, 3.8) is 0 Å². The first kappa shape index (κ1) is 6.50. The van der Waals surface area contributed by atoms with Crippen LogP contribution in [-0.4, -0.2) is 32.2 Å². The first-order valence-corrected chi connectivity index (χ1v) is 4.50. The molecule has 2 heterocycles. The fourth-order valence-corrected chi connectivity index (χ4v) is 3.28. The Balaban J connectivity index is 1.98. The minimum atomic E-state index is 0.186. The number of ether oxygens (including phenoxy) is 2. The highest BCUT2D eigenvalue weighted by molar-refractivity contribution is 6.11. The third kappa shape index (κ3) is 0.585. The molecule has 0 radical (unpaired) electrons. The first-order chi connectivity index (χ1) is 5.21. The summed E-state index contributed by atoms with van der Waals surface area (Å²) in [5.41, 5.74) is 0.186. The smallest absolute Gasteiger partial charge is 0.142 e. The average molecular weight is 152 g/mol. The van der Waals surface area contributed by atoms with E-state index in [0.29, 0.717) is 12.1 Å². The van der Waals surface area contributed by atoms with E-state index in [1.807, 2.05) is 0 Å². The topological polar surface area (TPSA) is 18.5 Å². The van der Waals surface area contributed by atoms with Crippen LogP contribution in [0.15, 0.2) is 0 Å². The zero-order valence-corrected chi connectivity index (χ0v) is 7.04. The Bertz CT molecular complexity index is 208. The zero-order chi connectivity index (χ0) is 7.64. The summed E-state index contributed by atoms with van der Waals surface area (Å²) in [7, 11) is 2.14. The van der Waals surface area contributed by atoms with Crippen LogP contribution in [0.3, 0.4) is 0 Å². The summed E-state index contributed by atoms with van der Waals surface area (Å²) in [6, 6.07) is 0.331. The molecule has 1 saturated carbocycles. The largest absolute Gasteiger partial charge is 0.378 e. The van der Waals surface area contributed by atoms with Crippen LogP contribution in [0.4, 0.5) is 0 Å². The van der Waals surface area contributed by atoms with E-state index < -0.39 is 0 Å². The van der Waals surface area contributed by atoms with Gasteiger partial charge in [-0.25, -0.2) is 0 Å². The van der Waals surface area contributed by atoms with Gasteiger partial charge in [0.15, 0.2) is 0 Å². The molecule has 11 heavy (non-hydrogen) atoms. The van der Waals surface area contributed by atoms with Crippen molar-refractivity contribution in [2.75, 3.05) is 6.61 Å². The second kappa shape index (κ2) is 1.67. The average Bonchev–Trinajstić information content (AvgIpc) is 2.33. The molecule has 3 rings (SSSR count). The van der Waals surface area contributed by atoms with Gasteiger partial charge < -0.3 is 9.47 Å². The van der Waals surface area contributed by atoms with Gasteiger partial charge in [0.25, 0.3) is 0 Å². The zero-order valence-electron chi connectivity index (χ0n) is 7.04. The molecule has 0 spiro atoms. The van der Waals surface area contributed by atoms with Gasteiger partial charge in [-0.3, -0.25) is 0 Å². The fraction of sp³-hybridized carbons (Fsp3) is 1.00. The summed E-state index contributed by atoms with van der Waals surface area (Å²) >= 11 is 0. The van der Waals surface area contributed by atoms with Gasteiger partial charge in [-0.2, -0.15) is 0 Å². The molecule has 1 aliphatic carbocycles. The molecule has 60 valence electrons. The summed E-state index contributed by atoms with van der Waals surface area (Å²) in [6.45, 7) is 3.22. The molecular weight excluding hydrogens is 139 g/mol. The molecule has 3 fully saturated rings. The Morgan fingerprint density at radius 3 is 3.09 bits per heavy atom. The lowest BCUT2D eigenvalue weighted by molar-refractivity contribution is -0.113. The Hall–Kier alpha value is -0.0151. The third-order valence-electron chi connectivity index (χ3n) is 3.65. The van der Waals surface area contributed by atoms with Gasteiger partial charge in [-0.05, 0) is 19.3 Å². The lowest BCUT2D eigenvalue weighted by Crippen LogP contribution is -2.49. The van der Waals surface area contributed by atoms with E-state index >= 15 is 0 Å². The van der Waals surface area contributed by atoms with Crippen LogP contribution in [0.1, 0.15) is 13.3 Å². The molecule has 0 bridgehead atoms. The summed E-state index contributed by atoms with van der Waals surface area (Å²) in [5.74, 6) is 1.53. The van der Waals surface area contributed by atoms with Crippen molar-refractivity contribution < 1.29 is 9.47 Å². The maximum absolute atomic E-state index is 5.86. The molecular formula is C8H13BO2. The Morgan fingerprint density at radius 2 is 2.36 bits per heavy atom. The highest BCUT2D eigenvalue weighted by atomic mass is 16.6. The van der Waals surface area contributed by atoms with Crippen LogP contribution in [-0.2, 0) is 9.47 Å². The van der Waals surface area contributed by atoms with E-state index in [-0.39, 0.29) is 5.60 Å². The van der Waals surface area contributed by atoms with Crippen molar-refractivity contribution in [3.8, 4) is 0 Å². The van der Waals surface area contributed by atoms with E-state index in [2.05, 4.69) is 14.8 Å². The van der Waals surface area contributed by atoms with Crippen LogP contribution in [0.25, 0.3) is 0 Å². The Morgan fingerprint density at radius 1 is 1.55 bits per heavy atom. The highest BCUT2D eigenvalue weighted by Crippen LogP contribution is 2.58. The summed E-state index contributed by atoms with van der Waals surface area (Å²) in [5, 5.41) is 0. The molecule has 3 aliphatic rings. The van der Waals surface area contributed by atoms with Gasteiger partial charge in [0, 0.05) is 5.92 Å². The number of rotatable bonds is 0. The van der Waals surface area contributed by atoms with Crippen LogP contribution in [0.5, 0.6) is 0 Å². The van der Waals surface area contributed by atoms with Crippen molar-refractivity contribution in [1.29, 1.82) is 0 Å². The molecule has 5 unspecified atom stereocenters. The predicted molar refractivity (Wildman–Crippen MR) is 43.2 cm³/mol. The van der Waals surface area contributed by atoms with E-state index in [1.54, 1.807) is 0 Å². The molecule has 0 amide bonds. The molecule has 0 aromatic heterocycles. The van der Waals surface area contributed by atoms with Crippen molar-refractivity contribution in [1.82, 2.24) is 0 Å². The van der Waals surface area contributed by atoms with Gasteiger partial charge in [0.2, 0.25) is 0 Å². The number of hydrogen-bond acceptors (Lipinski definition) is 2. The Kier molecular flexibility index (Phi) is 0.985. The molecule has 0 N–H and O–H groups in total. The summed E-state index contributed by atoms with van der Waals surface area (Å²) in [4.78, 5) is 0. The maximum Gasteiger partial charge on any atom is 0.142 e. The molecule has 0 aromatic carbocycles. The van der Waals surface area contributed by atoms with Crippen LogP contribution >= 0.6 is 0 Å². The minimum absolute atomic E-state index is 0.186.